The van der Waals surface area contributed by atoms with Crippen LogP contribution in [-0.4, -0.2) is 23.2 Å². The summed E-state index contributed by atoms with van der Waals surface area (Å²) < 4.78 is 12.2. The molecule has 0 spiro atoms. The van der Waals surface area contributed by atoms with Crippen molar-refractivity contribution in [3.8, 4) is 0 Å². The smallest absolute Gasteiger partial charge is 0.262 e. The second kappa shape index (κ2) is 7.44. The number of furan rings is 2. The highest BCUT2D eigenvalue weighted by atomic mass is 79.9. The number of nitrogens with one attached hydrogen (secondary N) is 1. The van der Waals surface area contributed by atoms with Gasteiger partial charge >= 0.3 is 0 Å². The van der Waals surface area contributed by atoms with E-state index >= 15 is 0 Å². The molecule has 3 aromatic rings. The molecule has 1 aliphatic heterocycles. The molecule has 1 atom stereocenters. The summed E-state index contributed by atoms with van der Waals surface area (Å²) in [6, 6.07) is 14.8. The number of hydrogen-bond donors (Lipinski definition) is 1. The van der Waals surface area contributed by atoms with Gasteiger partial charge in [0, 0.05) is 16.6 Å². The molecule has 1 N–H and O–H groups in total. The van der Waals surface area contributed by atoms with Gasteiger partial charge in [0.15, 0.2) is 0 Å². The van der Waals surface area contributed by atoms with Crippen molar-refractivity contribution in [1.29, 1.82) is 0 Å². The minimum atomic E-state index is -0.278. The lowest BCUT2D eigenvalue weighted by Crippen LogP contribution is -2.32. The van der Waals surface area contributed by atoms with Crippen LogP contribution in [0.25, 0.3) is 0 Å². The Kier molecular flexibility index (Phi) is 4.85. The Bertz CT molecular complexity index is 961. The third kappa shape index (κ3) is 3.83. The molecule has 0 saturated heterocycles. The zero-order valence-electron chi connectivity index (χ0n) is 14.7. The molecular formula is C20H18BrN3O3. The number of carbonyl (C=O) groups excluding carboxylic acids is 1. The molecular weight excluding hydrogens is 410 g/mol. The lowest BCUT2D eigenvalue weighted by Gasteiger charge is -2.20. The summed E-state index contributed by atoms with van der Waals surface area (Å²) in [5.74, 6) is 2.05. The van der Waals surface area contributed by atoms with Crippen molar-refractivity contribution in [2.24, 2.45) is 5.10 Å². The molecule has 7 heteroatoms. The van der Waals surface area contributed by atoms with Crippen LogP contribution >= 0.6 is 15.9 Å². The Morgan fingerprint density at radius 3 is 2.74 bits per heavy atom. The van der Waals surface area contributed by atoms with Crippen LogP contribution in [0.1, 0.15) is 29.7 Å². The number of carbonyl (C=O) groups is 1. The predicted molar refractivity (Wildman–Crippen MR) is 106 cm³/mol. The molecule has 27 heavy (non-hydrogen) atoms. The van der Waals surface area contributed by atoms with Gasteiger partial charge in [-0.05, 0) is 55.5 Å². The van der Waals surface area contributed by atoms with Gasteiger partial charge < -0.3 is 14.2 Å². The number of nitrogens with zero attached hydrogens (tertiary/aromatic N) is 2. The number of hydrogen-bond acceptors (Lipinski definition) is 5. The van der Waals surface area contributed by atoms with Crippen LogP contribution in [-0.2, 0) is 4.79 Å². The molecule has 0 fully saturated rings. The van der Waals surface area contributed by atoms with E-state index < -0.39 is 0 Å². The maximum atomic E-state index is 12.8. The SMILES string of the molecule is Cc1ccc(C2=NN(C(=O)CNc3ccc(Br)cc3)[C@@H](c3ccco3)C2)o1. The number of aryl methyl sites for hydroxylation is 1. The number of rotatable bonds is 5. The quantitative estimate of drug-likeness (QED) is 0.638. The van der Waals surface area contributed by atoms with E-state index in [4.69, 9.17) is 8.83 Å². The van der Waals surface area contributed by atoms with Gasteiger partial charge in [-0.2, -0.15) is 5.10 Å². The van der Waals surface area contributed by atoms with Crippen LogP contribution in [0.15, 0.2) is 73.2 Å². The molecule has 1 amide bonds. The molecule has 1 aliphatic rings. The first-order valence-corrected chi connectivity index (χ1v) is 9.38. The number of hydrazone groups is 1. The van der Waals surface area contributed by atoms with E-state index in [2.05, 4.69) is 26.3 Å². The van der Waals surface area contributed by atoms with E-state index in [0.29, 0.717) is 17.9 Å². The van der Waals surface area contributed by atoms with Crippen molar-refractivity contribution in [3.05, 3.63) is 76.5 Å². The Balaban J connectivity index is 1.53. The van der Waals surface area contributed by atoms with E-state index in [1.54, 1.807) is 6.26 Å². The molecule has 0 unspecified atom stereocenters. The van der Waals surface area contributed by atoms with Crippen molar-refractivity contribution in [3.63, 3.8) is 0 Å². The fraction of sp³-hybridized carbons (Fsp3) is 0.200. The maximum absolute atomic E-state index is 12.8. The van der Waals surface area contributed by atoms with Crippen molar-refractivity contribution in [1.82, 2.24) is 5.01 Å². The second-order valence-electron chi connectivity index (χ2n) is 6.29. The third-order valence-electron chi connectivity index (χ3n) is 4.35. The first kappa shape index (κ1) is 17.6. The summed E-state index contributed by atoms with van der Waals surface area (Å²) in [5, 5.41) is 9.16. The second-order valence-corrected chi connectivity index (χ2v) is 7.21. The predicted octanol–water partition coefficient (Wildman–Crippen LogP) is 4.73. The lowest BCUT2D eigenvalue weighted by molar-refractivity contribution is -0.131. The zero-order chi connectivity index (χ0) is 18.8. The van der Waals surface area contributed by atoms with E-state index in [1.165, 1.54) is 5.01 Å². The average Bonchev–Trinajstić information content (AvgIpc) is 3.40. The van der Waals surface area contributed by atoms with Crippen LogP contribution in [0.4, 0.5) is 5.69 Å². The lowest BCUT2D eigenvalue weighted by atomic mass is 10.1. The van der Waals surface area contributed by atoms with Gasteiger partial charge in [-0.25, -0.2) is 5.01 Å². The van der Waals surface area contributed by atoms with E-state index in [1.807, 2.05) is 55.5 Å². The molecule has 4 rings (SSSR count). The molecule has 1 aromatic carbocycles. The first-order chi connectivity index (χ1) is 13.1. The Morgan fingerprint density at radius 1 is 1.26 bits per heavy atom. The molecule has 138 valence electrons. The Labute approximate surface area is 165 Å². The Hall–Kier alpha value is -2.80. The highest BCUT2D eigenvalue weighted by Gasteiger charge is 2.35. The topological polar surface area (TPSA) is 71.0 Å². The number of amides is 1. The number of halogens is 1. The average molecular weight is 428 g/mol. The maximum Gasteiger partial charge on any atom is 0.262 e. The zero-order valence-corrected chi connectivity index (χ0v) is 16.3. The highest BCUT2D eigenvalue weighted by Crippen LogP contribution is 2.33. The molecule has 6 nitrogen and oxygen atoms in total. The molecule has 0 aliphatic carbocycles. The minimum Gasteiger partial charge on any atom is -0.467 e. The van der Waals surface area contributed by atoms with Crippen LogP contribution in [0, 0.1) is 6.92 Å². The van der Waals surface area contributed by atoms with Crippen molar-refractivity contribution in [2.45, 2.75) is 19.4 Å². The summed E-state index contributed by atoms with van der Waals surface area (Å²) in [6.07, 6.45) is 2.15. The van der Waals surface area contributed by atoms with Gasteiger partial charge in [-0.15, -0.1) is 0 Å². The fourth-order valence-electron chi connectivity index (χ4n) is 3.01. The van der Waals surface area contributed by atoms with Crippen LogP contribution in [0.3, 0.4) is 0 Å². The summed E-state index contributed by atoms with van der Waals surface area (Å²) in [4.78, 5) is 12.8. The summed E-state index contributed by atoms with van der Waals surface area (Å²) >= 11 is 3.40. The molecule has 0 saturated carbocycles. The van der Waals surface area contributed by atoms with Gasteiger partial charge in [0.2, 0.25) is 0 Å². The van der Waals surface area contributed by atoms with Crippen molar-refractivity contribution in [2.75, 3.05) is 11.9 Å². The van der Waals surface area contributed by atoms with E-state index in [9.17, 15) is 4.79 Å². The summed E-state index contributed by atoms with van der Waals surface area (Å²) in [7, 11) is 0. The van der Waals surface area contributed by atoms with Crippen molar-refractivity contribution < 1.29 is 13.6 Å². The first-order valence-electron chi connectivity index (χ1n) is 8.59. The molecule has 0 radical (unpaired) electrons. The minimum absolute atomic E-state index is 0.132. The van der Waals surface area contributed by atoms with Gasteiger partial charge in [0.05, 0.1) is 12.8 Å². The normalized spacial score (nSPS) is 16.4. The fourth-order valence-corrected chi connectivity index (χ4v) is 3.27. The van der Waals surface area contributed by atoms with Crippen LogP contribution in [0.2, 0.25) is 0 Å². The van der Waals surface area contributed by atoms with Gasteiger partial charge in [0.1, 0.15) is 29.0 Å². The van der Waals surface area contributed by atoms with Crippen molar-refractivity contribution >= 4 is 33.2 Å². The van der Waals surface area contributed by atoms with Gasteiger partial charge in [-0.1, -0.05) is 15.9 Å². The Morgan fingerprint density at radius 2 is 2.07 bits per heavy atom. The number of anilines is 1. The van der Waals surface area contributed by atoms with Crippen LogP contribution < -0.4 is 5.32 Å². The van der Waals surface area contributed by atoms with Crippen LogP contribution in [0.5, 0.6) is 0 Å². The van der Waals surface area contributed by atoms with Gasteiger partial charge in [-0.3, -0.25) is 4.79 Å². The molecule has 3 heterocycles. The molecule has 2 aromatic heterocycles. The third-order valence-corrected chi connectivity index (χ3v) is 4.88. The highest BCUT2D eigenvalue weighted by molar-refractivity contribution is 9.10. The monoisotopic (exact) mass is 427 g/mol. The number of benzene rings is 1. The summed E-state index contributed by atoms with van der Waals surface area (Å²) in [6.45, 7) is 2.01. The summed E-state index contributed by atoms with van der Waals surface area (Å²) in [5.41, 5.74) is 1.60. The largest absolute Gasteiger partial charge is 0.467 e. The van der Waals surface area contributed by atoms with Gasteiger partial charge in [0.25, 0.3) is 5.91 Å². The standard InChI is InChI=1S/C20H18BrN3O3/c1-13-4-9-18(27-13)16-11-17(19-3-2-10-26-19)24(23-16)20(25)12-22-15-7-5-14(21)6-8-15/h2-10,17,22H,11-12H2,1H3/t17-/m1/s1. The van der Waals surface area contributed by atoms with E-state index in [-0.39, 0.29) is 18.5 Å². The van der Waals surface area contributed by atoms with E-state index in [0.717, 1.165) is 21.6 Å². The molecule has 0 bridgehead atoms.